The summed E-state index contributed by atoms with van der Waals surface area (Å²) in [6.07, 6.45) is 1.78. The molecule has 1 aromatic heterocycles. The number of aromatic nitrogens is 1. The Labute approximate surface area is 120 Å². The molecule has 2 rings (SSSR count). The molecule has 4 nitrogen and oxygen atoms in total. The number of anilines is 1. The van der Waals surface area contributed by atoms with Crippen LogP contribution in [0.1, 0.15) is 0 Å². The molecule has 0 fully saturated rings. The van der Waals surface area contributed by atoms with Crippen molar-refractivity contribution in [2.24, 2.45) is 0 Å². The third kappa shape index (κ3) is 3.61. The number of pyridine rings is 1. The van der Waals surface area contributed by atoms with Gasteiger partial charge in [-0.05, 0) is 34.1 Å². The summed E-state index contributed by atoms with van der Waals surface area (Å²) in [5.74, 6) is 0.794. The van der Waals surface area contributed by atoms with Crippen LogP contribution in [0.15, 0.2) is 51.9 Å². The molecule has 1 heterocycles. The fourth-order valence-electron chi connectivity index (χ4n) is 1.72. The van der Waals surface area contributed by atoms with Gasteiger partial charge < -0.3 is 14.6 Å². The zero-order valence-electron chi connectivity index (χ0n) is 10.6. The molecule has 0 saturated carbocycles. The summed E-state index contributed by atoms with van der Waals surface area (Å²) in [6, 6.07) is 10.9. The van der Waals surface area contributed by atoms with Crippen molar-refractivity contribution >= 4 is 21.6 Å². The van der Waals surface area contributed by atoms with Crippen LogP contribution >= 0.6 is 15.9 Å². The molecular formula is C14H15BrN2O2. The van der Waals surface area contributed by atoms with E-state index in [2.05, 4.69) is 21.2 Å². The molecular weight excluding hydrogens is 308 g/mol. The van der Waals surface area contributed by atoms with Gasteiger partial charge in [0.1, 0.15) is 5.75 Å². The van der Waals surface area contributed by atoms with Gasteiger partial charge in [-0.1, -0.05) is 6.07 Å². The molecule has 0 bridgehead atoms. The summed E-state index contributed by atoms with van der Waals surface area (Å²) in [6.45, 7) is 1.28. The number of nitrogens with one attached hydrogen (secondary N) is 1. The van der Waals surface area contributed by atoms with Gasteiger partial charge in [0.25, 0.3) is 5.56 Å². The number of hydrogen-bond donors (Lipinski definition) is 1. The maximum absolute atomic E-state index is 11.5. The molecule has 0 radical (unpaired) electrons. The van der Waals surface area contributed by atoms with Crippen LogP contribution in [0.2, 0.25) is 0 Å². The highest BCUT2D eigenvalue weighted by molar-refractivity contribution is 9.10. The third-order valence-electron chi connectivity index (χ3n) is 2.74. The number of ether oxygens (including phenoxy) is 1. The van der Waals surface area contributed by atoms with Crippen molar-refractivity contribution in [3.63, 3.8) is 0 Å². The first-order valence-corrected chi connectivity index (χ1v) is 6.73. The Bertz CT molecular complexity index is 610. The monoisotopic (exact) mass is 322 g/mol. The lowest BCUT2D eigenvalue weighted by atomic mass is 10.3. The minimum Gasteiger partial charge on any atom is -0.497 e. The van der Waals surface area contributed by atoms with E-state index in [0.717, 1.165) is 15.9 Å². The van der Waals surface area contributed by atoms with Gasteiger partial charge in [-0.25, -0.2) is 0 Å². The Morgan fingerprint density at radius 1 is 1.32 bits per heavy atom. The molecule has 0 aliphatic carbocycles. The van der Waals surface area contributed by atoms with Crippen LogP contribution in [0.5, 0.6) is 5.75 Å². The molecule has 19 heavy (non-hydrogen) atoms. The standard InChI is InChI=1S/C14H15BrN2O2/c1-19-11-5-6-12(15)13(10-11)16-7-9-17-8-3-2-4-14(17)18/h2-6,8,10,16H,7,9H2,1H3. The van der Waals surface area contributed by atoms with Crippen molar-refractivity contribution in [2.45, 2.75) is 6.54 Å². The second-order valence-corrected chi connectivity index (χ2v) is 4.86. The summed E-state index contributed by atoms with van der Waals surface area (Å²) in [7, 11) is 1.64. The summed E-state index contributed by atoms with van der Waals surface area (Å²) >= 11 is 3.47. The van der Waals surface area contributed by atoms with Crippen LogP contribution in [0.4, 0.5) is 5.69 Å². The Hall–Kier alpha value is -1.75. The zero-order valence-corrected chi connectivity index (χ0v) is 12.2. The minimum atomic E-state index is 0.00834. The Morgan fingerprint density at radius 2 is 2.16 bits per heavy atom. The normalized spacial score (nSPS) is 10.2. The highest BCUT2D eigenvalue weighted by Crippen LogP contribution is 2.26. The van der Waals surface area contributed by atoms with Crippen LogP contribution in [0.3, 0.4) is 0 Å². The lowest BCUT2D eigenvalue weighted by molar-refractivity contribution is 0.415. The second-order valence-electron chi connectivity index (χ2n) is 4.00. The van der Waals surface area contributed by atoms with Gasteiger partial charge in [0.2, 0.25) is 0 Å². The van der Waals surface area contributed by atoms with E-state index in [9.17, 15) is 4.79 Å². The van der Waals surface area contributed by atoms with Gasteiger partial charge in [0.05, 0.1) is 12.8 Å². The van der Waals surface area contributed by atoms with E-state index in [0.29, 0.717) is 13.1 Å². The van der Waals surface area contributed by atoms with E-state index in [1.165, 1.54) is 0 Å². The number of hydrogen-bond acceptors (Lipinski definition) is 3. The Balaban J connectivity index is 2.00. The predicted octanol–water partition coefficient (Wildman–Crippen LogP) is 2.73. The average Bonchev–Trinajstić information content (AvgIpc) is 2.43. The maximum atomic E-state index is 11.5. The van der Waals surface area contributed by atoms with Crippen molar-refractivity contribution < 1.29 is 4.74 Å². The van der Waals surface area contributed by atoms with Gasteiger partial charge in [0, 0.05) is 35.9 Å². The fourth-order valence-corrected chi connectivity index (χ4v) is 2.11. The molecule has 0 saturated heterocycles. The third-order valence-corrected chi connectivity index (χ3v) is 3.43. The highest BCUT2D eigenvalue weighted by Gasteiger charge is 2.01. The van der Waals surface area contributed by atoms with Crippen LogP contribution in [0, 0.1) is 0 Å². The van der Waals surface area contributed by atoms with E-state index in [-0.39, 0.29) is 5.56 Å². The first kappa shape index (κ1) is 13.7. The molecule has 5 heteroatoms. The number of nitrogens with zero attached hydrogens (tertiary/aromatic N) is 1. The zero-order chi connectivity index (χ0) is 13.7. The quantitative estimate of drug-likeness (QED) is 0.920. The van der Waals surface area contributed by atoms with E-state index in [1.807, 2.05) is 24.3 Å². The molecule has 0 amide bonds. The number of rotatable bonds is 5. The summed E-state index contributed by atoms with van der Waals surface area (Å²) in [5.41, 5.74) is 0.956. The Morgan fingerprint density at radius 3 is 2.89 bits per heavy atom. The average molecular weight is 323 g/mol. The van der Waals surface area contributed by atoms with E-state index < -0.39 is 0 Å². The summed E-state index contributed by atoms with van der Waals surface area (Å²) in [4.78, 5) is 11.5. The Kier molecular flexibility index (Phi) is 4.63. The van der Waals surface area contributed by atoms with Gasteiger partial charge in [-0.2, -0.15) is 0 Å². The van der Waals surface area contributed by atoms with Crippen LogP contribution in [0.25, 0.3) is 0 Å². The number of benzene rings is 1. The fraction of sp³-hybridized carbons (Fsp3) is 0.214. The van der Waals surface area contributed by atoms with Gasteiger partial charge in [0.15, 0.2) is 0 Å². The lowest BCUT2D eigenvalue weighted by Gasteiger charge is -2.11. The van der Waals surface area contributed by atoms with Gasteiger partial charge in [-0.15, -0.1) is 0 Å². The molecule has 0 atom stereocenters. The van der Waals surface area contributed by atoms with Gasteiger partial charge in [-0.3, -0.25) is 4.79 Å². The van der Waals surface area contributed by atoms with E-state index >= 15 is 0 Å². The van der Waals surface area contributed by atoms with E-state index in [1.54, 1.807) is 30.0 Å². The van der Waals surface area contributed by atoms with Gasteiger partial charge >= 0.3 is 0 Å². The summed E-state index contributed by atoms with van der Waals surface area (Å²) in [5, 5.41) is 3.28. The van der Waals surface area contributed by atoms with Crippen LogP contribution < -0.4 is 15.6 Å². The van der Waals surface area contributed by atoms with Crippen LogP contribution in [-0.4, -0.2) is 18.2 Å². The first-order valence-electron chi connectivity index (χ1n) is 5.93. The number of halogens is 1. The molecule has 1 N–H and O–H groups in total. The van der Waals surface area contributed by atoms with Crippen molar-refractivity contribution in [2.75, 3.05) is 19.0 Å². The van der Waals surface area contributed by atoms with Crippen molar-refractivity contribution in [1.29, 1.82) is 0 Å². The molecule has 0 aliphatic heterocycles. The smallest absolute Gasteiger partial charge is 0.250 e. The van der Waals surface area contributed by atoms with Crippen molar-refractivity contribution in [3.8, 4) is 5.75 Å². The highest BCUT2D eigenvalue weighted by atomic mass is 79.9. The predicted molar refractivity (Wildman–Crippen MR) is 79.9 cm³/mol. The molecule has 0 unspecified atom stereocenters. The van der Waals surface area contributed by atoms with Crippen LogP contribution in [-0.2, 0) is 6.54 Å². The molecule has 2 aromatic rings. The SMILES string of the molecule is COc1ccc(Br)c(NCCn2ccccc2=O)c1. The topological polar surface area (TPSA) is 43.3 Å². The summed E-state index contributed by atoms with van der Waals surface area (Å²) < 4.78 is 7.81. The van der Waals surface area contributed by atoms with E-state index in [4.69, 9.17) is 4.74 Å². The molecule has 1 aromatic carbocycles. The molecule has 0 spiro atoms. The molecule has 100 valence electrons. The lowest BCUT2D eigenvalue weighted by Crippen LogP contribution is -2.22. The minimum absolute atomic E-state index is 0.00834. The first-order chi connectivity index (χ1) is 9.20. The maximum Gasteiger partial charge on any atom is 0.250 e. The van der Waals surface area contributed by atoms with Crippen molar-refractivity contribution in [3.05, 3.63) is 57.4 Å². The second kappa shape index (κ2) is 6.43. The number of methoxy groups -OCH3 is 1. The van der Waals surface area contributed by atoms with Crippen molar-refractivity contribution in [1.82, 2.24) is 4.57 Å². The molecule has 0 aliphatic rings. The largest absolute Gasteiger partial charge is 0.497 e.